The van der Waals surface area contributed by atoms with Gasteiger partial charge in [-0.25, -0.2) is 4.98 Å². The van der Waals surface area contributed by atoms with Crippen LogP contribution in [0.4, 0.5) is 32.0 Å². The molecule has 0 saturated heterocycles. The Bertz CT molecular complexity index is 982. The molecule has 152 valence electrons. The number of nitrogens with zero attached hydrogens (tertiary/aromatic N) is 2. The summed E-state index contributed by atoms with van der Waals surface area (Å²) in [4.78, 5) is 20.3. The standard InChI is InChI=1S/C18H11F6N3OS/c19-17(20,21)11-4-12(18(22,23)24)6-13(5-11)26-15(28)7-14-9-29-16(27-14)10-2-1-3-25-8-10/h1-6,8-9H,7H2,(H,26,28). The van der Waals surface area contributed by atoms with E-state index in [4.69, 9.17) is 0 Å². The molecular formula is C18H11F6N3OS. The molecule has 11 heteroatoms. The molecule has 2 aromatic heterocycles. The molecule has 0 fully saturated rings. The molecule has 0 spiro atoms. The Morgan fingerprint density at radius 1 is 1.03 bits per heavy atom. The maximum Gasteiger partial charge on any atom is 0.416 e. The molecule has 0 aliphatic rings. The fourth-order valence-corrected chi connectivity index (χ4v) is 3.22. The summed E-state index contributed by atoms with van der Waals surface area (Å²) in [7, 11) is 0. The number of rotatable bonds is 4. The smallest absolute Gasteiger partial charge is 0.326 e. The number of hydrogen-bond acceptors (Lipinski definition) is 4. The van der Waals surface area contributed by atoms with Gasteiger partial charge in [-0.05, 0) is 30.3 Å². The van der Waals surface area contributed by atoms with E-state index >= 15 is 0 Å². The summed E-state index contributed by atoms with van der Waals surface area (Å²) >= 11 is 1.23. The van der Waals surface area contributed by atoms with Gasteiger partial charge in [0.2, 0.25) is 5.91 Å². The van der Waals surface area contributed by atoms with E-state index in [0.717, 1.165) is 5.56 Å². The third kappa shape index (κ3) is 5.31. The monoisotopic (exact) mass is 431 g/mol. The van der Waals surface area contributed by atoms with Crippen LogP contribution in [-0.2, 0) is 23.6 Å². The fourth-order valence-electron chi connectivity index (χ4n) is 2.41. The molecule has 1 amide bonds. The minimum atomic E-state index is -4.99. The summed E-state index contributed by atoms with van der Waals surface area (Å²) in [5.74, 6) is -0.791. The van der Waals surface area contributed by atoms with Gasteiger partial charge in [-0.15, -0.1) is 11.3 Å². The van der Waals surface area contributed by atoms with E-state index in [-0.39, 0.29) is 12.5 Å². The zero-order valence-electron chi connectivity index (χ0n) is 14.3. The Morgan fingerprint density at radius 2 is 1.69 bits per heavy atom. The third-order valence-corrected chi connectivity index (χ3v) is 4.61. The van der Waals surface area contributed by atoms with Gasteiger partial charge in [0, 0.05) is 29.0 Å². The summed E-state index contributed by atoms with van der Waals surface area (Å²) in [5, 5.41) is 4.24. The highest BCUT2D eigenvalue weighted by Gasteiger charge is 2.37. The number of amides is 1. The number of benzene rings is 1. The van der Waals surface area contributed by atoms with Crippen molar-refractivity contribution >= 4 is 22.9 Å². The van der Waals surface area contributed by atoms with Crippen molar-refractivity contribution in [3.05, 3.63) is 64.9 Å². The first-order valence-corrected chi connectivity index (χ1v) is 8.84. The predicted octanol–water partition coefficient (Wildman–Crippen LogP) is 5.42. The second-order valence-corrected chi connectivity index (χ2v) is 6.76. The molecule has 3 aromatic rings. The number of thiazole rings is 1. The zero-order valence-corrected chi connectivity index (χ0v) is 15.1. The van der Waals surface area contributed by atoms with Crippen molar-refractivity contribution in [2.45, 2.75) is 18.8 Å². The minimum Gasteiger partial charge on any atom is -0.326 e. The molecule has 0 aliphatic heterocycles. The van der Waals surface area contributed by atoms with Gasteiger partial charge < -0.3 is 5.32 Å². The molecular weight excluding hydrogens is 420 g/mol. The molecule has 1 aromatic carbocycles. The van der Waals surface area contributed by atoms with E-state index in [1.54, 1.807) is 29.9 Å². The lowest BCUT2D eigenvalue weighted by Crippen LogP contribution is -2.17. The number of halogens is 6. The highest BCUT2D eigenvalue weighted by Crippen LogP contribution is 2.37. The molecule has 0 saturated carbocycles. The third-order valence-electron chi connectivity index (χ3n) is 3.67. The number of pyridine rings is 1. The first-order valence-electron chi connectivity index (χ1n) is 7.96. The second kappa shape index (κ2) is 7.82. The Morgan fingerprint density at radius 3 is 2.24 bits per heavy atom. The summed E-state index contributed by atoms with van der Waals surface area (Å²) in [5.41, 5.74) is -2.56. The maximum absolute atomic E-state index is 12.9. The van der Waals surface area contributed by atoms with E-state index in [2.05, 4.69) is 15.3 Å². The number of carbonyl (C=O) groups excluding carboxylic acids is 1. The molecule has 0 atom stereocenters. The van der Waals surface area contributed by atoms with Crippen LogP contribution in [0.5, 0.6) is 0 Å². The van der Waals surface area contributed by atoms with Crippen molar-refractivity contribution < 1.29 is 31.1 Å². The van der Waals surface area contributed by atoms with E-state index < -0.39 is 35.1 Å². The predicted molar refractivity (Wildman–Crippen MR) is 94.1 cm³/mol. The lowest BCUT2D eigenvalue weighted by molar-refractivity contribution is -0.143. The van der Waals surface area contributed by atoms with E-state index in [9.17, 15) is 31.1 Å². The van der Waals surface area contributed by atoms with Crippen LogP contribution in [0.15, 0.2) is 48.1 Å². The first-order chi connectivity index (χ1) is 13.5. The van der Waals surface area contributed by atoms with Crippen LogP contribution in [0.3, 0.4) is 0 Å². The normalized spacial score (nSPS) is 12.1. The fraction of sp³-hybridized carbons (Fsp3) is 0.167. The number of aromatic nitrogens is 2. The summed E-state index contributed by atoms with van der Waals surface area (Å²) in [6.07, 6.45) is -7.14. The van der Waals surface area contributed by atoms with Gasteiger partial charge in [-0.3, -0.25) is 9.78 Å². The maximum atomic E-state index is 12.9. The van der Waals surface area contributed by atoms with Crippen LogP contribution >= 0.6 is 11.3 Å². The summed E-state index contributed by atoms with van der Waals surface area (Å²) in [6.45, 7) is 0. The van der Waals surface area contributed by atoms with Crippen LogP contribution < -0.4 is 5.32 Å². The van der Waals surface area contributed by atoms with Gasteiger partial charge >= 0.3 is 12.4 Å². The van der Waals surface area contributed by atoms with Crippen molar-refractivity contribution in [1.29, 1.82) is 0 Å². The number of alkyl halides is 6. The molecule has 2 heterocycles. The molecule has 0 unspecified atom stereocenters. The van der Waals surface area contributed by atoms with Gasteiger partial charge in [-0.2, -0.15) is 26.3 Å². The summed E-state index contributed by atoms with van der Waals surface area (Å²) in [6, 6.07) is 4.37. The lowest BCUT2D eigenvalue weighted by atomic mass is 10.1. The largest absolute Gasteiger partial charge is 0.416 e. The van der Waals surface area contributed by atoms with E-state index in [1.165, 1.54) is 11.3 Å². The number of nitrogens with one attached hydrogen (secondary N) is 1. The molecule has 1 N–H and O–H groups in total. The molecule has 3 rings (SSSR count). The molecule has 0 aliphatic carbocycles. The SMILES string of the molecule is O=C(Cc1csc(-c2cccnc2)n1)Nc1cc(C(F)(F)F)cc(C(F)(F)F)c1. The number of anilines is 1. The highest BCUT2D eigenvalue weighted by molar-refractivity contribution is 7.13. The van der Waals surface area contributed by atoms with Crippen LogP contribution in [-0.4, -0.2) is 15.9 Å². The van der Waals surface area contributed by atoms with Gasteiger partial charge in [-0.1, -0.05) is 0 Å². The zero-order chi connectivity index (χ0) is 21.2. The molecule has 29 heavy (non-hydrogen) atoms. The minimum absolute atomic E-state index is 0.00371. The Kier molecular flexibility index (Phi) is 5.60. The van der Waals surface area contributed by atoms with Crippen LogP contribution in [0.25, 0.3) is 10.6 Å². The molecule has 4 nitrogen and oxygen atoms in total. The second-order valence-electron chi connectivity index (χ2n) is 5.91. The van der Waals surface area contributed by atoms with Crippen LogP contribution in [0.2, 0.25) is 0 Å². The van der Waals surface area contributed by atoms with Crippen LogP contribution in [0, 0.1) is 0 Å². The van der Waals surface area contributed by atoms with Gasteiger partial charge in [0.1, 0.15) is 5.01 Å². The van der Waals surface area contributed by atoms with Gasteiger partial charge in [0.25, 0.3) is 0 Å². The average molecular weight is 431 g/mol. The Balaban J connectivity index is 1.78. The van der Waals surface area contributed by atoms with E-state index in [1.807, 2.05) is 0 Å². The number of carbonyl (C=O) groups is 1. The van der Waals surface area contributed by atoms with Crippen molar-refractivity contribution in [3.8, 4) is 10.6 Å². The van der Waals surface area contributed by atoms with E-state index in [0.29, 0.717) is 22.8 Å². The van der Waals surface area contributed by atoms with Gasteiger partial charge in [0.15, 0.2) is 0 Å². The Labute approximate surface area is 164 Å². The first kappa shape index (κ1) is 20.8. The van der Waals surface area contributed by atoms with Crippen molar-refractivity contribution in [2.24, 2.45) is 0 Å². The van der Waals surface area contributed by atoms with Crippen molar-refractivity contribution in [1.82, 2.24) is 9.97 Å². The Hall–Kier alpha value is -2.95. The lowest BCUT2D eigenvalue weighted by Gasteiger charge is -2.14. The van der Waals surface area contributed by atoms with Crippen LogP contribution in [0.1, 0.15) is 16.8 Å². The highest BCUT2D eigenvalue weighted by atomic mass is 32.1. The molecule has 0 radical (unpaired) electrons. The molecule has 0 bridgehead atoms. The topological polar surface area (TPSA) is 54.9 Å². The van der Waals surface area contributed by atoms with Crippen molar-refractivity contribution in [3.63, 3.8) is 0 Å². The summed E-state index contributed by atoms with van der Waals surface area (Å²) < 4.78 is 77.3. The number of hydrogen-bond donors (Lipinski definition) is 1. The van der Waals surface area contributed by atoms with Gasteiger partial charge in [0.05, 0.1) is 23.2 Å². The quantitative estimate of drug-likeness (QED) is 0.561. The average Bonchev–Trinajstić information content (AvgIpc) is 3.09. The van der Waals surface area contributed by atoms with Crippen molar-refractivity contribution in [2.75, 3.05) is 5.32 Å².